The van der Waals surface area contributed by atoms with E-state index in [2.05, 4.69) is 4.18 Å². The van der Waals surface area contributed by atoms with Gasteiger partial charge in [-0.25, -0.2) is 0 Å². The lowest BCUT2D eigenvalue weighted by atomic mass is 10.1. The van der Waals surface area contributed by atoms with E-state index in [4.69, 9.17) is 4.42 Å². The quantitative estimate of drug-likeness (QED) is 0.700. The van der Waals surface area contributed by atoms with Crippen LogP contribution in [0.4, 0.5) is 0 Å². The van der Waals surface area contributed by atoms with Crippen LogP contribution < -0.4 is 0 Å². The fraction of sp³-hybridized carbons (Fsp3) is 0.556. The van der Waals surface area contributed by atoms with Gasteiger partial charge >= 0.3 is 0 Å². The molecule has 0 saturated carbocycles. The molecule has 0 radical (unpaired) electrons. The highest BCUT2D eigenvalue weighted by atomic mass is 32.2. The Morgan fingerprint density at radius 3 is 2.79 bits per heavy atom. The molecule has 0 aliphatic carbocycles. The van der Waals surface area contributed by atoms with Crippen LogP contribution in [-0.2, 0) is 27.1 Å². The monoisotopic (exact) mass is 218 g/mol. The smallest absolute Gasteiger partial charge is 0.264 e. The number of hydrogen-bond donors (Lipinski definition) is 0. The van der Waals surface area contributed by atoms with Crippen molar-refractivity contribution in [2.75, 3.05) is 12.9 Å². The summed E-state index contributed by atoms with van der Waals surface area (Å²) in [4.78, 5) is 0. The summed E-state index contributed by atoms with van der Waals surface area (Å²) in [6.45, 7) is 2.16. The van der Waals surface area contributed by atoms with Gasteiger partial charge in [0, 0.05) is 12.8 Å². The molecule has 1 aromatic rings. The van der Waals surface area contributed by atoms with Gasteiger partial charge in [0.05, 0.1) is 19.1 Å². The SMILES string of the molecule is CCc1occc1CCOS(C)(=O)=O. The van der Waals surface area contributed by atoms with Crippen LogP contribution in [-0.4, -0.2) is 21.3 Å². The molecule has 0 unspecified atom stereocenters. The van der Waals surface area contributed by atoms with Gasteiger partial charge in [0.25, 0.3) is 10.1 Å². The number of furan rings is 1. The molecule has 1 aromatic heterocycles. The molecule has 0 atom stereocenters. The Morgan fingerprint density at radius 1 is 1.50 bits per heavy atom. The molecule has 0 aromatic carbocycles. The molecular formula is C9H14O4S. The minimum Gasteiger partial charge on any atom is -0.469 e. The number of rotatable bonds is 5. The predicted molar refractivity (Wildman–Crippen MR) is 52.6 cm³/mol. The highest BCUT2D eigenvalue weighted by molar-refractivity contribution is 7.85. The van der Waals surface area contributed by atoms with Gasteiger partial charge in [0.1, 0.15) is 5.76 Å². The van der Waals surface area contributed by atoms with Crippen LogP contribution in [0.3, 0.4) is 0 Å². The normalized spacial score (nSPS) is 11.9. The average Bonchev–Trinajstić information content (AvgIpc) is 2.49. The molecule has 0 bridgehead atoms. The predicted octanol–water partition coefficient (Wildman–Crippen LogP) is 1.36. The maximum Gasteiger partial charge on any atom is 0.264 e. The van der Waals surface area contributed by atoms with Gasteiger partial charge in [-0.05, 0) is 11.6 Å². The highest BCUT2D eigenvalue weighted by Gasteiger charge is 2.06. The molecule has 0 saturated heterocycles. The fourth-order valence-electron chi connectivity index (χ4n) is 1.20. The third-order valence-electron chi connectivity index (χ3n) is 1.83. The van der Waals surface area contributed by atoms with Crippen molar-refractivity contribution in [3.8, 4) is 0 Å². The molecule has 1 heterocycles. The second-order valence-electron chi connectivity index (χ2n) is 3.00. The van der Waals surface area contributed by atoms with Crippen molar-refractivity contribution >= 4 is 10.1 Å². The highest BCUT2D eigenvalue weighted by Crippen LogP contribution is 2.11. The standard InChI is InChI=1S/C9H14O4S/c1-3-9-8(4-6-12-9)5-7-13-14(2,10)11/h4,6H,3,5,7H2,1-2H3. The van der Waals surface area contributed by atoms with Crippen molar-refractivity contribution in [2.24, 2.45) is 0 Å². The first kappa shape index (κ1) is 11.3. The first-order valence-corrected chi connectivity index (χ1v) is 6.24. The Balaban J connectivity index is 2.46. The molecule has 0 spiro atoms. The van der Waals surface area contributed by atoms with Crippen LogP contribution in [0.25, 0.3) is 0 Å². The van der Waals surface area contributed by atoms with Crippen molar-refractivity contribution in [3.05, 3.63) is 23.7 Å². The van der Waals surface area contributed by atoms with Crippen molar-refractivity contribution in [1.29, 1.82) is 0 Å². The van der Waals surface area contributed by atoms with Crippen molar-refractivity contribution in [1.82, 2.24) is 0 Å². The van der Waals surface area contributed by atoms with Crippen molar-refractivity contribution < 1.29 is 17.0 Å². The molecule has 0 fully saturated rings. The Hall–Kier alpha value is -0.810. The van der Waals surface area contributed by atoms with Gasteiger partial charge in [0.2, 0.25) is 0 Å². The van der Waals surface area contributed by atoms with E-state index in [9.17, 15) is 8.42 Å². The van der Waals surface area contributed by atoms with Crippen LogP contribution in [0.15, 0.2) is 16.7 Å². The van der Waals surface area contributed by atoms with E-state index in [1.165, 1.54) is 0 Å². The minimum absolute atomic E-state index is 0.172. The number of hydrogen-bond acceptors (Lipinski definition) is 4. The maximum absolute atomic E-state index is 10.7. The van der Waals surface area contributed by atoms with Crippen LogP contribution >= 0.6 is 0 Å². The van der Waals surface area contributed by atoms with E-state index < -0.39 is 10.1 Å². The van der Waals surface area contributed by atoms with Crippen molar-refractivity contribution in [3.63, 3.8) is 0 Å². The first-order valence-electron chi connectivity index (χ1n) is 4.42. The van der Waals surface area contributed by atoms with Gasteiger partial charge < -0.3 is 4.42 Å². The van der Waals surface area contributed by atoms with Gasteiger partial charge in [-0.2, -0.15) is 8.42 Å². The topological polar surface area (TPSA) is 56.5 Å². The largest absolute Gasteiger partial charge is 0.469 e. The zero-order chi connectivity index (χ0) is 10.6. The summed E-state index contributed by atoms with van der Waals surface area (Å²) in [5.41, 5.74) is 1.01. The molecule has 5 heteroatoms. The van der Waals surface area contributed by atoms with Gasteiger partial charge in [0.15, 0.2) is 0 Å². The Morgan fingerprint density at radius 2 is 2.21 bits per heavy atom. The van der Waals surface area contributed by atoms with E-state index in [1.54, 1.807) is 6.26 Å². The third kappa shape index (κ3) is 3.51. The third-order valence-corrected chi connectivity index (χ3v) is 2.42. The molecular weight excluding hydrogens is 204 g/mol. The van der Waals surface area contributed by atoms with Crippen LogP contribution in [0.5, 0.6) is 0 Å². The Bertz CT molecular complexity index is 377. The van der Waals surface area contributed by atoms with Gasteiger partial charge in [-0.3, -0.25) is 4.18 Å². The van der Waals surface area contributed by atoms with Gasteiger partial charge in [-0.15, -0.1) is 0 Å². The molecule has 4 nitrogen and oxygen atoms in total. The van der Waals surface area contributed by atoms with Crippen LogP contribution in [0.1, 0.15) is 18.2 Å². The van der Waals surface area contributed by atoms with E-state index in [-0.39, 0.29) is 6.61 Å². The fourth-order valence-corrected chi connectivity index (χ4v) is 1.59. The Kier molecular flexibility index (Phi) is 3.71. The second kappa shape index (κ2) is 4.61. The lowest BCUT2D eigenvalue weighted by molar-refractivity contribution is 0.324. The minimum atomic E-state index is -3.33. The summed E-state index contributed by atoms with van der Waals surface area (Å²) in [5.74, 6) is 0.891. The van der Waals surface area contributed by atoms with Crippen LogP contribution in [0, 0.1) is 0 Å². The summed E-state index contributed by atoms with van der Waals surface area (Å²) in [5, 5.41) is 0. The van der Waals surface area contributed by atoms with E-state index in [0.717, 1.165) is 24.0 Å². The second-order valence-corrected chi connectivity index (χ2v) is 4.64. The van der Waals surface area contributed by atoms with Crippen molar-refractivity contribution in [2.45, 2.75) is 19.8 Å². The van der Waals surface area contributed by atoms with Crippen LogP contribution in [0.2, 0.25) is 0 Å². The molecule has 0 aliphatic heterocycles. The summed E-state index contributed by atoms with van der Waals surface area (Å²) < 4.78 is 31.2. The average molecular weight is 218 g/mol. The molecule has 80 valence electrons. The molecule has 0 aliphatic rings. The zero-order valence-corrected chi connectivity index (χ0v) is 9.13. The summed E-state index contributed by atoms with van der Waals surface area (Å²) in [7, 11) is -3.33. The lowest BCUT2D eigenvalue weighted by Gasteiger charge is -2.00. The molecule has 0 N–H and O–H groups in total. The maximum atomic E-state index is 10.7. The van der Waals surface area contributed by atoms with Gasteiger partial charge in [-0.1, -0.05) is 6.92 Å². The molecule has 0 amide bonds. The summed E-state index contributed by atoms with van der Waals surface area (Å²) >= 11 is 0. The van der Waals surface area contributed by atoms with E-state index in [1.807, 2.05) is 13.0 Å². The lowest BCUT2D eigenvalue weighted by Crippen LogP contribution is -2.06. The summed E-state index contributed by atoms with van der Waals surface area (Å²) in [6, 6.07) is 1.84. The molecule has 14 heavy (non-hydrogen) atoms. The van der Waals surface area contributed by atoms with E-state index in [0.29, 0.717) is 6.42 Å². The molecule has 1 rings (SSSR count). The summed E-state index contributed by atoms with van der Waals surface area (Å²) in [6.07, 6.45) is 4.02. The van der Waals surface area contributed by atoms with E-state index >= 15 is 0 Å². The zero-order valence-electron chi connectivity index (χ0n) is 8.32. The first-order chi connectivity index (χ1) is 6.53. The number of aryl methyl sites for hydroxylation is 1. The Labute approximate surface area is 84.0 Å².